The second-order valence-corrected chi connectivity index (χ2v) is 7.25. The van der Waals surface area contributed by atoms with Gasteiger partial charge < -0.3 is 4.57 Å². The molecule has 1 saturated carbocycles. The molecule has 0 atom stereocenters. The lowest BCUT2D eigenvalue weighted by Crippen LogP contribution is -2.27. The molecule has 0 spiro atoms. The predicted molar refractivity (Wildman–Crippen MR) is 108 cm³/mol. The molecular formula is C22H23N3O2. The molecule has 0 aliphatic heterocycles. The summed E-state index contributed by atoms with van der Waals surface area (Å²) in [5.41, 5.74) is 3.67. The Morgan fingerprint density at radius 3 is 2.63 bits per heavy atom. The molecule has 5 heteroatoms. The fourth-order valence-corrected chi connectivity index (χ4v) is 3.56. The van der Waals surface area contributed by atoms with Gasteiger partial charge in [0.25, 0.3) is 11.5 Å². The van der Waals surface area contributed by atoms with Crippen molar-refractivity contribution in [2.45, 2.75) is 39.2 Å². The average Bonchev–Trinajstić information content (AvgIpc) is 3.51. The number of carbonyl (C=O) groups excluding carboxylic acids is 1. The molecular weight excluding hydrogens is 338 g/mol. The monoisotopic (exact) mass is 361 g/mol. The van der Waals surface area contributed by atoms with Gasteiger partial charge in [0, 0.05) is 36.8 Å². The Balaban J connectivity index is 1.79. The zero-order valence-electron chi connectivity index (χ0n) is 15.9. The molecule has 0 N–H and O–H groups in total. The van der Waals surface area contributed by atoms with E-state index in [0.717, 1.165) is 34.9 Å². The third kappa shape index (κ3) is 3.14. The first-order valence-electron chi connectivity index (χ1n) is 9.37. The summed E-state index contributed by atoms with van der Waals surface area (Å²) in [6.07, 6.45) is 3.97. The van der Waals surface area contributed by atoms with Gasteiger partial charge >= 0.3 is 0 Å². The number of amides is 1. The normalized spacial score (nSPS) is 13.7. The molecule has 0 saturated heterocycles. The van der Waals surface area contributed by atoms with Crippen molar-refractivity contribution in [3.05, 3.63) is 69.6 Å². The van der Waals surface area contributed by atoms with Gasteiger partial charge in [0.15, 0.2) is 0 Å². The number of rotatable bonds is 4. The SMILES string of the molecule is CCn1c(=O)cc(C2CC2)c2cc(C(=O)N(C)c3ccc(C)cn3)ccc21. The van der Waals surface area contributed by atoms with Crippen LogP contribution < -0.4 is 10.5 Å². The highest BCUT2D eigenvalue weighted by Crippen LogP contribution is 2.42. The topological polar surface area (TPSA) is 55.2 Å². The summed E-state index contributed by atoms with van der Waals surface area (Å²) >= 11 is 0. The molecule has 2 aromatic heterocycles. The van der Waals surface area contributed by atoms with Crippen LogP contribution in [0.5, 0.6) is 0 Å². The van der Waals surface area contributed by atoms with Crippen LogP contribution in [-0.4, -0.2) is 22.5 Å². The number of nitrogens with zero attached hydrogens (tertiary/aromatic N) is 3. The Morgan fingerprint density at radius 2 is 2.00 bits per heavy atom. The summed E-state index contributed by atoms with van der Waals surface area (Å²) in [6.45, 7) is 4.54. The molecule has 1 amide bonds. The summed E-state index contributed by atoms with van der Waals surface area (Å²) in [5.74, 6) is 0.949. The first-order chi connectivity index (χ1) is 13.0. The third-order valence-corrected chi connectivity index (χ3v) is 5.27. The lowest BCUT2D eigenvalue weighted by Gasteiger charge is -2.18. The smallest absolute Gasteiger partial charge is 0.259 e. The third-order valence-electron chi connectivity index (χ3n) is 5.27. The van der Waals surface area contributed by atoms with Gasteiger partial charge in [-0.15, -0.1) is 0 Å². The quantitative estimate of drug-likeness (QED) is 0.709. The molecule has 5 nitrogen and oxygen atoms in total. The largest absolute Gasteiger partial charge is 0.309 e. The highest BCUT2D eigenvalue weighted by molar-refractivity contribution is 6.07. The number of fused-ring (bicyclic) bond motifs is 1. The van der Waals surface area contributed by atoms with Crippen LogP contribution in [-0.2, 0) is 6.54 Å². The van der Waals surface area contributed by atoms with Gasteiger partial charge in [0.05, 0.1) is 5.52 Å². The van der Waals surface area contributed by atoms with Crippen molar-refractivity contribution in [2.24, 2.45) is 0 Å². The first-order valence-corrected chi connectivity index (χ1v) is 9.37. The van der Waals surface area contributed by atoms with Crippen molar-refractivity contribution in [1.82, 2.24) is 9.55 Å². The fraction of sp³-hybridized carbons (Fsp3) is 0.318. The van der Waals surface area contributed by atoms with E-state index in [1.165, 1.54) is 0 Å². The fourth-order valence-electron chi connectivity index (χ4n) is 3.56. The van der Waals surface area contributed by atoms with E-state index < -0.39 is 0 Å². The molecule has 3 aromatic rings. The van der Waals surface area contributed by atoms with Gasteiger partial charge in [-0.1, -0.05) is 6.07 Å². The lowest BCUT2D eigenvalue weighted by molar-refractivity contribution is 0.0992. The highest BCUT2D eigenvalue weighted by Gasteiger charge is 2.27. The molecule has 1 aliphatic carbocycles. The zero-order chi connectivity index (χ0) is 19.1. The maximum atomic E-state index is 13.0. The van der Waals surface area contributed by atoms with Gasteiger partial charge in [0.1, 0.15) is 5.82 Å². The number of aryl methyl sites for hydroxylation is 2. The van der Waals surface area contributed by atoms with Crippen LogP contribution in [0.1, 0.15) is 47.2 Å². The van der Waals surface area contributed by atoms with Crippen molar-refractivity contribution in [1.29, 1.82) is 0 Å². The molecule has 0 bridgehead atoms. The van der Waals surface area contributed by atoms with Crippen LogP contribution in [0.4, 0.5) is 5.82 Å². The minimum Gasteiger partial charge on any atom is -0.309 e. The van der Waals surface area contributed by atoms with E-state index in [9.17, 15) is 9.59 Å². The van der Waals surface area contributed by atoms with Gasteiger partial charge in [0.2, 0.25) is 0 Å². The van der Waals surface area contributed by atoms with Gasteiger partial charge in [-0.05, 0) is 68.0 Å². The molecule has 4 rings (SSSR count). The van der Waals surface area contributed by atoms with Crippen molar-refractivity contribution < 1.29 is 4.79 Å². The van der Waals surface area contributed by atoms with Crippen LogP contribution >= 0.6 is 0 Å². The second kappa shape index (κ2) is 6.65. The Kier molecular flexibility index (Phi) is 4.30. The maximum absolute atomic E-state index is 13.0. The van der Waals surface area contributed by atoms with Crippen LogP contribution in [0, 0.1) is 6.92 Å². The molecule has 27 heavy (non-hydrogen) atoms. The molecule has 1 fully saturated rings. The van der Waals surface area contributed by atoms with E-state index in [-0.39, 0.29) is 11.5 Å². The molecule has 0 unspecified atom stereocenters. The summed E-state index contributed by atoms with van der Waals surface area (Å²) in [7, 11) is 1.74. The predicted octanol–water partition coefficient (Wildman–Crippen LogP) is 3.88. The zero-order valence-corrected chi connectivity index (χ0v) is 15.9. The molecule has 0 radical (unpaired) electrons. The summed E-state index contributed by atoms with van der Waals surface area (Å²) in [6, 6.07) is 11.2. The molecule has 1 aromatic carbocycles. The van der Waals surface area contributed by atoms with E-state index in [4.69, 9.17) is 0 Å². The standard InChI is InChI=1S/C22H23N3O2/c1-4-25-19-9-8-16(11-18(19)17(12-21(25)26)15-6-7-15)22(27)24(3)20-10-5-14(2)13-23-20/h5,8-13,15H,4,6-7H2,1-3H3. The number of hydrogen-bond donors (Lipinski definition) is 0. The summed E-state index contributed by atoms with van der Waals surface area (Å²) in [4.78, 5) is 31.3. The van der Waals surface area contributed by atoms with Crippen molar-refractivity contribution in [3.63, 3.8) is 0 Å². The van der Waals surface area contributed by atoms with Crippen LogP contribution in [0.3, 0.4) is 0 Å². The number of anilines is 1. The van der Waals surface area contributed by atoms with Crippen LogP contribution in [0.15, 0.2) is 47.4 Å². The summed E-state index contributed by atoms with van der Waals surface area (Å²) < 4.78 is 1.76. The van der Waals surface area contributed by atoms with Gasteiger partial charge in [-0.25, -0.2) is 4.98 Å². The Bertz CT molecular complexity index is 1080. The van der Waals surface area contributed by atoms with E-state index in [1.54, 1.807) is 34.8 Å². The number of aromatic nitrogens is 2. The Morgan fingerprint density at radius 1 is 1.22 bits per heavy atom. The van der Waals surface area contributed by atoms with E-state index in [2.05, 4.69) is 4.98 Å². The Hall–Kier alpha value is -2.95. The van der Waals surface area contributed by atoms with Crippen molar-refractivity contribution >= 4 is 22.6 Å². The number of pyridine rings is 2. The number of carbonyl (C=O) groups is 1. The average molecular weight is 361 g/mol. The van der Waals surface area contributed by atoms with E-state index >= 15 is 0 Å². The second-order valence-electron chi connectivity index (χ2n) is 7.25. The highest BCUT2D eigenvalue weighted by atomic mass is 16.2. The minimum atomic E-state index is -0.107. The molecule has 138 valence electrons. The molecule has 2 heterocycles. The lowest BCUT2D eigenvalue weighted by atomic mass is 10.0. The first kappa shape index (κ1) is 17.5. The van der Waals surface area contributed by atoms with Crippen molar-refractivity contribution in [2.75, 3.05) is 11.9 Å². The number of hydrogen-bond acceptors (Lipinski definition) is 3. The van der Waals surface area contributed by atoms with E-state index in [0.29, 0.717) is 23.8 Å². The summed E-state index contributed by atoms with van der Waals surface area (Å²) in [5, 5.41) is 1.01. The van der Waals surface area contributed by atoms with Crippen LogP contribution in [0.25, 0.3) is 10.9 Å². The molecule has 1 aliphatic rings. The number of benzene rings is 1. The van der Waals surface area contributed by atoms with E-state index in [1.807, 2.05) is 38.1 Å². The van der Waals surface area contributed by atoms with Crippen LogP contribution in [0.2, 0.25) is 0 Å². The van der Waals surface area contributed by atoms with Gasteiger partial charge in [-0.2, -0.15) is 0 Å². The van der Waals surface area contributed by atoms with Crippen molar-refractivity contribution in [3.8, 4) is 0 Å². The Labute approximate surface area is 158 Å². The maximum Gasteiger partial charge on any atom is 0.259 e. The van der Waals surface area contributed by atoms with Gasteiger partial charge in [-0.3, -0.25) is 14.5 Å². The minimum absolute atomic E-state index is 0.0342.